The monoisotopic (exact) mass is 430 g/mol. The zero-order chi connectivity index (χ0) is 20.7. The first-order valence-electron chi connectivity index (χ1n) is 8.34. The highest BCUT2D eigenvalue weighted by molar-refractivity contribution is 7.22. The van der Waals surface area contributed by atoms with Crippen LogP contribution in [0.15, 0.2) is 36.4 Å². The number of amides is 3. The van der Waals surface area contributed by atoms with Crippen LogP contribution < -0.4 is 5.32 Å². The Bertz CT molecular complexity index is 1210. The zero-order valence-corrected chi connectivity index (χ0v) is 16.1. The Balaban J connectivity index is 1.45. The predicted molar refractivity (Wildman–Crippen MR) is 106 cm³/mol. The quantitative estimate of drug-likeness (QED) is 0.375. The Morgan fingerprint density at radius 1 is 1.24 bits per heavy atom. The van der Waals surface area contributed by atoms with Gasteiger partial charge in [-0.05, 0) is 24.3 Å². The Morgan fingerprint density at radius 2 is 2.03 bits per heavy atom. The molecule has 3 amide bonds. The number of rotatable bonds is 5. The maximum atomic E-state index is 12.5. The maximum absolute atomic E-state index is 12.5. The number of aromatic nitrogens is 1. The minimum absolute atomic E-state index is 0.0346. The number of hydrogen-bond donors (Lipinski definition) is 1. The zero-order valence-electron chi connectivity index (χ0n) is 14.5. The molecule has 2 heterocycles. The van der Waals surface area contributed by atoms with E-state index in [1.807, 2.05) is 0 Å². The molecule has 1 aliphatic heterocycles. The molecule has 0 atom stereocenters. The lowest BCUT2D eigenvalue weighted by Crippen LogP contribution is -2.33. The largest absolute Gasteiger partial charge is 0.302 e. The highest BCUT2D eigenvalue weighted by Gasteiger charge is 2.40. The van der Waals surface area contributed by atoms with Crippen molar-refractivity contribution in [1.29, 1.82) is 0 Å². The van der Waals surface area contributed by atoms with Crippen LogP contribution in [0.25, 0.3) is 10.2 Å². The topological polar surface area (TPSA) is 123 Å². The number of nitro benzene ring substituents is 1. The number of nitrogens with one attached hydrogen (secondary N) is 1. The van der Waals surface area contributed by atoms with Gasteiger partial charge in [-0.1, -0.05) is 29.0 Å². The summed E-state index contributed by atoms with van der Waals surface area (Å²) in [4.78, 5) is 52.7. The van der Waals surface area contributed by atoms with Crippen molar-refractivity contribution >= 4 is 61.7 Å². The summed E-state index contributed by atoms with van der Waals surface area (Å²) in [6.45, 7) is -0.202. The molecule has 146 valence electrons. The molecular weight excluding hydrogens is 420 g/mol. The van der Waals surface area contributed by atoms with Gasteiger partial charge in [-0.3, -0.25) is 29.4 Å². The molecule has 0 saturated heterocycles. The lowest BCUT2D eigenvalue weighted by atomic mass is 10.1. The summed E-state index contributed by atoms with van der Waals surface area (Å²) in [6, 6.07) is 9.02. The number of hydrogen-bond acceptors (Lipinski definition) is 7. The molecular formula is C18H11ClN4O5S. The molecule has 0 radical (unpaired) electrons. The molecule has 1 aliphatic rings. The average Bonchev–Trinajstić information content (AvgIpc) is 3.18. The smallest absolute Gasteiger partial charge is 0.282 e. The van der Waals surface area contributed by atoms with Crippen molar-refractivity contribution in [2.75, 3.05) is 11.9 Å². The summed E-state index contributed by atoms with van der Waals surface area (Å²) >= 11 is 7.18. The number of anilines is 1. The molecule has 0 spiro atoms. The molecule has 1 aromatic heterocycles. The summed E-state index contributed by atoms with van der Waals surface area (Å²) in [5.41, 5.74) is -0.0260. The molecule has 11 heteroatoms. The number of nitro groups is 1. The number of imide groups is 1. The number of halogens is 1. The number of nitrogens with zero attached hydrogens (tertiary/aromatic N) is 3. The van der Waals surface area contributed by atoms with Gasteiger partial charge in [0.15, 0.2) is 5.13 Å². The first-order valence-corrected chi connectivity index (χ1v) is 9.54. The molecule has 0 unspecified atom stereocenters. The fraction of sp³-hybridized carbons (Fsp3) is 0.111. The fourth-order valence-corrected chi connectivity index (χ4v) is 4.18. The van der Waals surface area contributed by atoms with Crippen LogP contribution in [0.5, 0.6) is 0 Å². The van der Waals surface area contributed by atoms with Crippen molar-refractivity contribution < 1.29 is 19.3 Å². The highest BCUT2D eigenvalue weighted by Crippen LogP contribution is 2.31. The van der Waals surface area contributed by atoms with Gasteiger partial charge in [0.05, 0.1) is 20.7 Å². The van der Waals surface area contributed by atoms with Gasteiger partial charge in [0.2, 0.25) is 5.91 Å². The van der Waals surface area contributed by atoms with Crippen LogP contribution in [0.3, 0.4) is 0 Å². The SMILES string of the molecule is O=C(CCN1C(=O)c2cccc([N+](=O)[O-])c2C1=O)Nc1nc2ccc(Cl)cc2s1. The van der Waals surface area contributed by atoms with Crippen LogP contribution in [0.2, 0.25) is 5.02 Å². The maximum Gasteiger partial charge on any atom is 0.282 e. The minimum Gasteiger partial charge on any atom is -0.302 e. The Labute approximate surface area is 172 Å². The molecule has 0 aliphatic carbocycles. The second-order valence-electron chi connectivity index (χ2n) is 6.15. The number of benzene rings is 2. The van der Waals surface area contributed by atoms with Crippen LogP contribution >= 0.6 is 22.9 Å². The lowest BCUT2D eigenvalue weighted by molar-refractivity contribution is -0.385. The van der Waals surface area contributed by atoms with Gasteiger partial charge in [0, 0.05) is 24.1 Å². The summed E-state index contributed by atoms with van der Waals surface area (Å²) in [5, 5.41) is 14.7. The van der Waals surface area contributed by atoms with E-state index in [0.717, 1.165) is 9.60 Å². The number of carbonyl (C=O) groups excluding carboxylic acids is 3. The van der Waals surface area contributed by atoms with Gasteiger partial charge >= 0.3 is 0 Å². The van der Waals surface area contributed by atoms with E-state index in [4.69, 9.17) is 11.6 Å². The Hall–Kier alpha value is -3.37. The van der Waals surface area contributed by atoms with E-state index in [0.29, 0.717) is 15.7 Å². The standard InChI is InChI=1S/C18H11ClN4O5S/c19-9-4-5-11-13(8-9)29-18(20-11)21-14(24)6-7-22-16(25)10-2-1-3-12(23(27)28)15(10)17(22)26/h1-5,8H,6-7H2,(H,20,21,24). The Kier molecular flexibility index (Phi) is 4.73. The summed E-state index contributed by atoms with van der Waals surface area (Å²) in [5.74, 6) is -1.88. The van der Waals surface area contributed by atoms with Crippen LogP contribution in [0.4, 0.5) is 10.8 Å². The van der Waals surface area contributed by atoms with Gasteiger partial charge in [0.25, 0.3) is 17.5 Å². The van der Waals surface area contributed by atoms with Crippen molar-refractivity contribution in [1.82, 2.24) is 9.88 Å². The lowest BCUT2D eigenvalue weighted by Gasteiger charge is -2.12. The van der Waals surface area contributed by atoms with Crippen LogP contribution in [0, 0.1) is 10.1 Å². The summed E-state index contributed by atoms with van der Waals surface area (Å²) in [7, 11) is 0. The van der Waals surface area contributed by atoms with Gasteiger partial charge in [0.1, 0.15) is 5.56 Å². The molecule has 9 nitrogen and oxygen atoms in total. The summed E-state index contributed by atoms with van der Waals surface area (Å²) in [6.07, 6.45) is -0.171. The third-order valence-electron chi connectivity index (χ3n) is 4.33. The van der Waals surface area contributed by atoms with E-state index in [1.54, 1.807) is 18.2 Å². The van der Waals surface area contributed by atoms with E-state index < -0.39 is 28.3 Å². The molecule has 0 fully saturated rings. The first kappa shape index (κ1) is 19.0. The second-order valence-corrected chi connectivity index (χ2v) is 7.62. The van der Waals surface area contributed by atoms with Gasteiger partial charge in [-0.15, -0.1) is 0 Å². The van der Waals surface area contributed by atoms with Gasteiger partial charge < -0.3 is 5.32 Å². The van der Waals surface area contributed by atoms with E-state index in [2.05, 4.69) is 10.3 Å². The Morgan fingerprint density at radius 3 is 2.79 bits per heavy atom. The third-order valence-corrected chi connectivity index (χ3v) is 5.50. The molecule has 3 aromatic rings. The second kappa shape index (κ2) is 7.22. The van der Waals surface area contributed by atoms with Crippen molar-refractivity contribution in [3.63, 3.8) is 0 Å². The number of fused-ring (bicyclic) bond motifs is 2. The van der Waals surface area contributed by atoms with Gasteiger partial charge in [-0.25, -0.2) is 4.98 Å². The molecule has 2 aromatic carbocycles. The van der Waals surface area contributed by atoms with E-state index >= 15 is 0 Å². The molecule has 0 saturated carbocycles. The van der Waals surface area contributed by atoms with Gasteiger partial charge in [-0.2, -0.15) is 0 Å². The van der Waals surface area contributed by atoms with Crippen molar-refractivity contribution in [3.8, 4) is 0 Å². The number of thiazole rings is 1. The molecule has 29 heavy (non-hydrogen) atoms. The predicted octanol–water partition coefficient (Wildman–Crippen LogP) is 3.48. The van der Waals surface area contributed by atoms with E-state index in [1.165, 1.54) is 29.5 Å². The summed E-state index contributed by atoms with van der Waals surface area (Å²) < 4.78 is 0.806. The van der Waals surface area contributed by atoms with Crippen LogP contribution in [-0.4, -0.2) is 39.1 Å². The average molecular weight is 431 g/mol. The van der Waals surface area contributed by atoms with Crippen molar-refractivity contribution in [2.24, 2.45) is 0 Å². The molecule has 0 bridgehead atoms. The van der Waals surface area contributed by atoms with Crippen LogP contribution in [0.1, 0.15) is 27.1 Å². The highest BCUT2D eigenvalue weighted by atomic mass is 35.5. The molecule has 1 N–H and O–H groups in total. The van der Waals surface area contributed by atoms with Crippen molar-refractivity contribution in [2.45, 2.75) is 6.42 Å². The van der Waals surface area contributed by atoms with E-state index in [9.17, 15) is 24.5 Å². The molecule has 4 rings (SSSR count). The fourth-order valence-electron chi connectivity index (χ4n) is 3.02. The number of carbonyl (C=O) groups is 3. The van der Waals surface area contributed by atoms with Crippen molar-refractivity contribution in [3.05, 3.63) is 62.7 Å². The third kappa shape index (κ3) is 3.43. The van der Waals surface area contributed by atoms with Crippen LogP contribution in [-0.2, 0) is 4.79 Å². The minimum atomic E-state index is -0.778. The first-order chi connectivity index (χ1) is 13.8. The van der Waals surface area contributed by atoms with E-state index in [-0.39, 0.29) is 24.1 Å². The normalized spacial score (nSPS) is 13.1.